The molecule has 0 saturated carbocycles. The molecule has 4 rings (SSSR count). The summed E-state index contributed by atoms with van der Waals surface area (Å²) >= 11 is 0. The van der Waals surface area contributed by atoms with Crippen molar-refractivity contribution in [2.45, 2.75) is 6.18 Å². The zero-order valence-corrected chi connectivity index (χ0v) is 15.2. The number of nitrogens with one attached hydrogen (secondary N) is 2. The minimum absolute atomic E-state index is 0.0140. The third kappa shape index (κ3) is 3.83. The molecule has 0 spiro atoms. The number of nitrogens with zero attached hydrogens (tertiary/aromatic N) is 1. The lowest BCUT2D eigenvalue weighted by molar-refractivity contribution is -0.137. The molecule has 0 unspecified atom stereocenters. The molecule has 0 atom stereocenters. The minimum Gasteiger partial charge on any atom is -0.423 e. The number of fused-ring (bicyclic) bond motifs is 1. The molecule has 4 aromatic rings. The predicted octanol–water partition coefficient (Wildman–Crippen LogP) is 5.38. The second-order valence-electron chi connectivity index (χ2n) is 6.40. The van der Waals surface area contributed by atoms with E-state index in [2.05, 4.69) is 10.3 Å². The van der Waals surface area contributed by atoms with Crippen molar-refractivity contribution >= 4 is 28.7 Å². The Hall–Kier alpha value is -3.85. The van der Waals surface area contributed by atoms with E-state index >= 15 is 0 Å². The van der Waals surface area contributed by atoms with Crippen LogP contribution in [0, 0.1) is 0 Å². The second-order valence-corrected chi connectivity index (χ2v) is 6.40. The van der Waals surface area contributed by atoms with Gasteiger partial charge in [0.15, 0.2) is 5.58 Å². The van der Waals surface area contributed by atoms with Gasteiger partial charge in [-0.15, -0.1) is 0 Å². The molecule has 6 nitrogen and oxygen atoms in total. The van der Waals surface area contributed by atoms with Crippen LogP contribution in [0.2, 0.25) is 0 Å². The molecule has 1 aromatic heterocycles. The SMILES string of the molecule is O=C(NO)c1cccc(Nc2nc3cc(C(F)(F)F)c(-c4ccccc4)cc3o2)c1. The molecule has 9 heteroatoms. The van der Waals surface area contributed by atoms with Gasteiger partial charge in [0.05, 0.1) is 5.56 Å². The molecule has 1 amide bonds. The van der Waals surface area contributed by atoms with Crippen molar-refractivity contribution in [2.24, 2.45) is 0 Å². The van der Waals surface area contributed by atoms with Crippen molar-refractivity contribution in [1.82, 2.24) is 10.5 Å². The van der Waals surface area contributed by atoms with Crippen molar-refractivity contribution < 1.29 is 27.6 Å². The van der Waals surface area contributed by atoms with Crippen LogP contribution in [0.5, 0.6) is 0 Å². The van der Waals surface area contributed by atoms with Crippen LogP contribution in [-0.2, 0) is 6.18 Å². The normalized spacial score (nSPS) is 11.5. The van der Waals surface area contributed by atoms with Crippen LogP contribution >= 0.6 is 0 Å². The number of rotatable bonds is 4. The lowest BCUT2D eigenvalue weighted by Gasteiger charge is -2.12. The van der Waals surface area contributed by atoms with E-state index in [4.69, 9.17) is 9.62 Å². The van der Waals surface area contributed by atoms with Crippen LogP contribution in [0.25, 0.3) is 22.2 Å². The van der Waals surface area contributed by atoms with Crippen LogP contribution in [0.4, 0.5) is 24.9 Å². The van der Waals surface area contributed by atoms with E-state index in [1.807, 2.05) is 0 Å². The Kier molecular flexibility index (Phi) is 4.88. The largest absolute Gasteiger partial charge is 0.423 e. The Morgan fingerprint density at radius 1 is 1.00 bits per heavy atom. The molecule has 3 aromatic carbocycles. The molecule has 0 bridgehead atoms. The average molecular weight is 413 g/mol. The van der Waals surface area contributed by atoms with Gasteiger partial charge in [0.2, 0.25) is 0 Å². The summed E-state index contributed by atoms with van der Waals surface area (Å²) in [5, 5.41) is 11.5. The molecular weight excluding hydrogens is 399 g/mol. The third-order valence-electron chi connectivity index (χ3n) is 4.40. The topological polar surface area (TPSA) is 87.4 Å². The van der Waals surface area contributed by atoms with Gasteiger partial charge in [-0.05, 0) is 41.5 Å². The lowest BCUT2D eigenvalue weighted by atomic mass is 9.99. The first-order valence-electron chi connectivity index (χ1n) is 8.74. The summed E-state index contributed by atoms with van der Waals surface area (Å²) in [6.07, 6.45) is -4.57. The standard InChI is InChI=1S/C21H14F3N3O3/c22-21(23,24)16-11-17-18(10-15(16)12-5-2-1-3-6-12)30-20(26-17)25-14-8-4-7-13(9-14)19(28)27-29/h1-11,29H,(H,25,26)(H,27,28). The number of carbonyl (C=O) groups excluding carboxylic acids is 1. The number of amides is 1. The highest BCUT2D eigenvalue weighted by Gasteiger charge is 2.34. The zero-order chi connectivity index (χ0) is 21.3. The van der Waals surface area contributed by atoms with Crippen molar-refractivity contribution in [3.05, 3.63) is 77.9 Å². The van der Waals surface area contributed by atoms with Crippen LogP contribution in [0.15, 0.2) is 71.1 Å². The number of hydrogen-bond acceptors (Lipinski definition) is 5. The summed E-state index contributed by atoms with van der Waals surface area (Å²) < 4.78 is 46.5. The van der Waals surface area contributed by atoms with E-state index in [9.17, 15) is 18.0 Å². The van der Waals surface area contributed by atoms with Gasteiger partial charge in [0.25, 0.3) is 11.9 Å². The minimum atomic E-state index is -4.57. The molecule has 1 heterocycles. The van der Waals surface area contributed by atoms with Crippen molar-refractivity contribution in [3.63, 3.8) is 0 Å². The number of benzene rings is 3. The van der Waals surface area contributed by atoms with Gasteiger partial charge in [0.1, 0.15) is 5.52 Å². The number of carbonyl (C=O) groups is 1. The fourth-order valence-electron chi connectivity index (χ4n) is 3.04. The van der Waals surface area contributed by atoms with Gasteiger partial charge in [-0.1, -0.05) is 36.4 Å². The fraction of sp³-hybridized carbons (Fsp3) is 0.0476. The summed E-state index contributed by atoms with van der Waals surface area (Å²) in [4.78, 5) is 15.6. The molecule has 152 valence electrons. The Morgan fingerprint density at radius 2 is 1.77 bits per heavy atom. The van der Waals surface area contributed by atoms with Gasteiger partial charge in [-0.3, -0.25) is 10.0 Å². The maximum atomic E-state index is 13.6. The van der Waals surface area contributed by atoms with Crippen molar-refractivity contribution in [3.8, 4) is 11.1 Å². The monoisotopic (exact) mass is 413 g/mol. The third-order valence-corrected chi connectivity index (χ3v) is 4.40. The molecule has 0 saturated heterocycles. The number of hydrogen-bond donors (Lipinski definition) is 3. The highest BCUT2D eigenvalue weighted by atomic mass is 19.4. The molecule has 0 aliphatic rings. The molecule has 0 fully saturated rings. The van der Waals surface area contributed by atoms with Crippen LogP contribution in [0.1, 0.15) is 15.9 Å². The molecule has 3 N–H and O–H groups in total. The fourth-order valence-corrected chi connectivity index (χ4v) is 3.04. The maximum Gasteiger partial charge on any atom is 0.417 e. The van der Waals surface area contributed by atoms with E-state index < -0.39 is 17.6 Å². The maximum absolute atomic E-state index is 13.6. The quantitative estimate of drug-likeness (QED) is 0.309. The zero-order valence-electron chi connectivity index (χ0n) is 15.2. The lowest BCUT2D eigenvalue weighted by Crippen LogP contribution is -2.18. The number of aromatic nitrogens is 1. The predicted molar refractivity (Wildman–Crippen MR) is 103 cm³/mol. The summed E-state index contributed by atoms with van der Waals surface area (Å²) in [5.41, 5.74) is 1.88. The first kappa shape index (κ1) is 19.5. The first-order chi connectivity index (χ1) is 14.3. The number of anilines is 2. The molecular formula is C21H14F3N3O3. The van der Waals surface area contributed by atoms with Crippen LogP contribution in [0.3, 0.4) is 0 Å². The first-order valence-corrected chi connectivity index (χ1v) is 8.74. The highest BCUT2D eigenvalue weighted by molar-refractivity contribution is 5.94. The smallest absolute Gasteiger partial charge is 0.417 e. The summed E-state index contributed by atoms with van der Waals surface area (Å²) in [7, 11) is 0. The molecule has 0 aliphatic carbocycles. The molecule has 0 aliphatic heterocycles. The molecule has 30 heavy (non-hydrogen) atoms. The van der Waals surface area contributed by atoms with E-state index in [1.54, 1.807) is 42.5 Å². The summed E-state index contributed by atoms with van der Waals surface area (Å²) in [6, 6.07) is 16.5. The van der Waals surface area contributed by atoms with Crippen molar-refractivity contribution in [1.29, 1.82) is 0 Å². The summed E-state index contributed by atoms with van der Waals surface area (Å²) in [5.74, 6) is -0.710. The van der Waals surface area contributed by atoms with Crippen LogP contribution in [-0.4, -0.2) is 16.1 Å². The van der Waals surface area contributed by atoms with E-state index in [0.29, 0.717) is 11.3 Å². The van der Waals surface area contributed by atoms with E-state index in [-0.39, 0.29) is 28.2 Å². The van der Waals surface area contributed by atoms with Gasteiger partial charge in [0, 0.05) is 11.3 Å². The number of oxazole rings is 1. The van der Waals surface area contributed by atoms with Gasteiger partial charge < -0.3 is 9.73 Å². The Morgan fingerprint density at radius 3 is 2.47 bits per heavy atom. The van der Waals surface area contributed by atoms with Gasteiger partial charge >= 0.3 is 6.18 Å². The van der Waals surface area contributed by atoms with E-state index in [0.717, 1.165) is 6.07 Å². The Balaban J connectivity index is 1.75. The number of halogens is 3. The van der Waals surface area contributed by atoms with Crippen molar-refractivity contribution in [2.75, 3.05) is 5.32 Å². The second kappa shape index (κ2) is 7.53. The van der Waals surface area contributed by atoms with Crippen LogP contribution < -0.4 is 10.8 Å². The van der Waals surface area contributed by atoms with Gasteiger partial charge in [-0.25, -0.2) is 5.48 Å². The Labute approximate surface area is 167 Å². The average Bonchev–Trinajstić information content (AvgIpc) is 3.13. The Bertz CT molecular complexity index is 1220. The number of alkyl halides is 3. The highest BCUT2D eigenvalue weighted by Crippen LogP contribution is 2.40. The van der Waals surface area contributed by atoms with E-state index in [1.165, 1.54) is 23.7 Å². The number of hydroxylamine groups is 1. The van der Waals surface area contributed by atoms with Gasteiger partial charge in [-0.2, -0.15) is 18.2 Å². The molecule has 0 radical (unpaired) electrons. The summed E-state index contributed by atoms with van der Waals surface area (Å²) in [6.45, 7) is 0.